The lowest BCUT2D eigenvalue weighted by atomic mass is 9.63. The Bertz CT molecular complexity index is 655. The highest BCUT2D eigenvalue weighted by Gasteiger charge is 2.51. The van der Waals surface area contributed by atoms with E-state index in [1.165, 1.54) is 32.1 Å². The molecule has 2 saturated carbocycles. The van der Waals surface area contributed by atoms with Gasteiger partial charge in [-0.1, -0.05) is 75.5 Å². The van der Waals surface area contributed by atoms with E-state index in [0.29, 0.717) is 24.6 Å². The summed E-state index contributed by atoms with van der Waals surface area (Å²) >= 11 is 0. The maximum Gasteiger partial charge on any atom is 0.460 e. The predicted octanol–water partition coefficient (Wildman–Crippen LogP) is 5.70. The minimum Gasteiger partial charge on any atom is -0.481 e. The van der Waals surface area contributed by atoms with Gasteiger partial charge in [-0.2, -0.15) is 0 Å². The molecule has 0 amide bonds. The van der Waals surface area contributed by atoms with Gasteiger partial charge in [0.2, 0.25) is 0 Å². The van der Waals surface area contributed by atoms with Crippen molar-refractivity contribution < 1.29 is 24.3 Å². The molecule has 0 aromatic heterocycles. The van der Waals surface area contributed by atoms with Crippen LogP contribution in [0, 0.1) is 11.8 Å². The fourth-order valence-corrected chi connectivity index (χ4v) is 5.45. The van der Waals surface area contributed by atoms with Crippen LogP contribution in [-0.2, 0) is 14.1 Å². The Labute approximate surface area is 194 Å². The summed E-state index contributed by atoms with van der Waals surface area (Å²) < 4.78 is 13.0. The van der Waals surface area contributed by atoms with Crippen LogP contribution in [0.1, 0.15) is 84.0 Å². The summed E-state index contributed by atoms with van der Waals surface area (Å²) in [5.41, 5.74) is 0. The summed E-state index contributed by atoms with van der Waals surface area (Å²) in [6.07, 6.45) is 23.8. The molecular formula is C26H41BO5. The molecule has 2 bridgehead atoms. The highest BCUT2D eigenvalue weighted by atomic mass is 16.6. The van der Waals surface area contributed by atoms with Crippen LogP contribution in [0.25, 0.3) is 0 Å². The van der Waals surface area contributed by atoms with Crippen LogP contribution in [0.15, 0.2) is 36.5 Å². The number of rotatable bonds is 12. The molecule has 0 aromatic carbocycles. The van der Waals surface area contributed by atoms with E-state index in [0.717, 1.165) is 25.7 Å². The number of fused-ring (bicyclic) bond motifs is 2. The van der Waals surface area contributed by atoms with Crippen LogP contribution in [0.2, 0.25) is 5.82 Å². The van der Waals surface area contributed by atoms with Gasteiger partial charge in [-0.25, -0.2) is 0 Å². The number of aliphatic carboxylic acids is 1. The van der Waals surface area contributed by atoms with Gasteiger partial charge < -0.3 is 19.5 Å². The smallest absolute Gasteiger partial charge is 0.460 e. The first-order valence-electron chi connectivity index (χ1n) is 12.8. The van der Waals surface area contributed by atoms with Gasteiger partial charge in [0, 0.05) is 18.4 Å². The second-order valence-electron chi connectivity index (χ2n) is 9.65. The van der Waals surface area contributed by atoms with E-state index in [2.05, 4.69) is 31.2 Å². The highest BCUT2D eigenvalue weighted by molar-refractivity contribution is 6.46. The zero-order chi connectivity index (χ0) is 22.8. The number of carboxylic acids is 1. The van der Waals surface area contributed by atoms with Crippen LogP contribution in [0.4, 0.5) is 0 Å². The van der Waals surface area contributed by atoms with Crippen molar-refractivity contribution in [3.8, 4) is 0 Å². The molecule has 2 aliphatic carbocycles. The van der Waals surface area contributed by atoms with Crippen LogP contribution < -0.4 is 0 Å². The number of hydrogen-bond donors (Lipinski definition) is 2. The van der Waals surface area contributed by atoms with Crippen molar-refractivity contribution in [3.63, 3.8) is 0 Å². The summed E-state index contributed by atoms with van der Waals surface area (Å²) in [5, 5.41) is 19.2. The first-order chi connectivity index (χ1) is 15.6. The number of carbonyl (C=O) groups is 1. The number of aliphatic hydroxyl groups is 1. The average molecular weight is 444 g/mol. The van der Waals surface area contributed by atoms with Gasteiger partial charge in [-0.15, -0.1) is 0 Å². The quantitative estimate of drug-likeness (QED) is 0.229. The largest absolute Gasteiger partial charge is 0.481 e. The van der Waals surface area contributed by atoms with E-state index in [4.69, 9.17) is 14.4 Å². The van der Waals surface area contributed by atoms with Gasteiger partial charge in [0.15, 0.2) is 0 Å². The molecule has 1 aliphatic heterocycles. The Morgan fingerprint density at radius 3 is 2.62 bits per heavy atom. The fourth-order valence-electron chi connectivity index (χ4n) is 5.45. The van der Waals surface area contributed by atoms with E-state index < -0.39 is 12.1 Å². The Kier molecular flexibility index (Phi) is 10.6. The average Bonchev–Trinajstić information content (AvgIpc) is 3.03. The molecule has 32 heavy (non-hydrogen) atoms. The van der Waals surface area contributed by atoms with Crippen molar-refractivity contribution in [1.82, 2.24) is 0 Å². The predicted molar refractivity (Wildman–Crippen MR) is 128 cm³/mol. The van der Waals surface area contributed by atoms with Gasteiger partial charge in [-0.05, 0) is 50.3 Å². The summed E-state index contributed by atoms with van der Waals surface area (Å²) in [6, 6.07) is 0. The third-order valence-corrected chi connectivity index (χ3v) is 7.19. The molecule has 1 saturated heterocycles. The van der Waals surface area contributed by atoms with Gasteiger partial charge in [0.05, 0.1) is 12.2 Å². The van der Waals surface area contributed by atoms with Gasteiger partial charge in [0.1, 0.15) is 0 Å². The molecule has 1 heterocycles. The maximum atomic E-state index is 10.7. The molecule has 6 heteroatoms. The third kappa shape index (κ3) is 7.60. The summed E-state index contributed by atoms with van der Waals surface area (Å²) in [5.74, 6) is 0.342. The number of aliphatic hydroxyl groups excluding tert-OH is 1. The zero-order valence-electron chi connectivity index (χ0n) is 19.6. The first kappa shape index (κ1) is 25.3. The van der Waals surface area contributed by atoms with Crippen molar-refractivity contribution in [2.75, 3.05) is 0 Å². The Balaban J connectivity index is 1.62. The normalized spacial score (nSPS) is 30.1. The molecule has 2 N–H and O–H groups in total. The maximum absolute atomic E-state index is 10.7. The molecule has 3 rings (SSSR count). The number of unbranched alkanes of at least 4 members (excludes halogenated alkanes) is 1. The van der Waals surface area contributed by atoms with E-state index in [1.54, 1.807) is 0 Å². The van der Waals surface area contributed by atoms with E-state index in [-0.39, 0.29) is 31.7 Å². The SMILES string of the molecule is CC/C=C\C[C@H](O)/C=C/[C@@H]1[C@@H](C/C=C\CCCC(=O)O)[C@@H]2C[C@H]1OB(C1CCCCC1)O2. The van der Waals surface area contributed by atoms with Crippen molar-refractivity contribution in [2.24, 2.45) is 11.8 Å². The lowest BCUT2D eigenvalue weighted by Crippen LogP contribution is -2.41. The number of carboxylic acid groups (broad SMARTS) is 1. The van der Waals surface area contributed by atoms with Gasteiger partial charge >= 0.3 is 13.1 Å². The van der Waals surface area contributed by atoms with Gasteiger partial charge in [0.25, 0.3) is 0 Å². The molecule has 3 aliphatic rings. The molecule has 0 unspecified atom stereocenters. The van der Waals surface area contributed by atoms with Gasteiger partial charge in [-0.3, -0.25) is 4.79 Å². The molecule has 0 radical (unpaired) electrons. The second kappa shape index (κ2) is 13.4. The van der Waals surface area contributed by atoms with Crippen molar-refractivity contribution in [1.29, 1.82) is 0 Å². The Hall–Kier alpha value is -1.37. The summed E-state index contributed by atoms with van der Waals surface area (Å²) in [6.45, 7) is 2.09. The second-order valence-corrected chi connectivity index (χ2v) is 9.65. The van der Waals surface area contributed by atoms with Crippen molar-refractivity contribution in [2.45, 2.75) is 108 Å². The third-order valence-electron chi connectivity index (χ3n) is 7.19. The molecule has 0 aromatic rings. The summed E-state index contributed by atoms with van der Waals surface area (Å²) in [4.78, 5) is 10.7. The van der Waals surface area contributed by atoms with Crippen LogP contribution >= 0.6 is 0 Å². The number of hydrogen-bond acceptors (Lipinski definition) is 4. The number of allylic oxidation sites excluding steroid dienone is 3. The van der Waals surface area contributed by atoms with Crippen LogP contribution in [0.5, 0.6) is 0 Å². The molecule has 0 spiro atoms. The fraction of sp³-hybridized carbons (Fsp3) is 0.731. The summed E-state index contributed by atoms with van der Waals surface area (Å²) in [7, 11) is -0.0862. The monoisotopic (exact) mass is 444 g/mol. The topological polar surface area (TPSA) is 76.0 Å². The lowest BCUT2D eigenvalue weighted by Gasteiger charge is -2.34. The van der Waals surface area contributed by atoms with Crippen LogP contribution in [-0.4, -0.2) is 41.6 Å². The molecule has 5 nitrogen and oxygen atoms in total. The minimum atomic E-state index is -0.736. The van der Waals surface area contributed by atoms with E-state index >= 15 is 0 Å². The molecular weight excluding hydrogens is 403 g/mol. The zero-order valence-corrected chi connectivity index (χ0v) is 19.6. The Morgan fingerprint density at radius 2 is 1.88 bits per heavy atom. The van der Waals surface area contributed by atoms with Crippen molar-refractivity contribution in [3.05, 3.63) is 36.5 Å². The van der Waals surface area contributed by atoms with Crippen LogP contribution in [0.3, 0.4) is 0 Å². The highest BCUT2D eigenvalue weighted by Crippen LogP contribution is 2.46. The van der Waals surface area contributed by atoms with E-state index in [9.17, 15) is 9.90 Å². The van der Waals surface area contributed by atoms with E-state index in [1.807, 2.05) is 12.2 Å². The molecule has 3 fully saturated rings. The lowest BCUT2D eigenvalue weighted by molar-refractivity contribution is -0.137. The van der Waals surface area contributed by atoms with Crippen molar-refractivity contribution >= 4 is 13.1 Å². The molecule has 178 valence electrons. The standard InChI is InChI=1S/C26H41BO5/c1-2-3-7-14-21(28)17-18-23-22(15-10-4-5-11-16-26(29)30)24-19-25(23)32-27(31-24)20-12-8-6-9-13-20/h3-4,7,10,17-18,20-25,28H,2,5-6,8-9,11-16,19H2,1H3,(H,29,30)/b7-3-,10-4-,18-17+/t21-,22+,23+,24-,25+/m0/s1. The minimum absolute atomic E-state index is 0.0862. The molecule has 5 atom stereocenters. The Morgan fingerprint density at radius 1 is 1.09 bits per heavy atom. The first-order valence-corrected chi connectivity index (χ1v) is 12.8.